The van der Waals surface area contributed by atoms with E-state index in [-0.39, 0.29) is 55.5 Å². The van der Waals surface area contributed by atoms with Gasteiger partial charge in [-0.15, -0.1) is 11.6 Å². The molecule has 0 radical (unpaired) electrons. The van der Waals surface area contributed by atoms with Gasteiger partial charge >= 0.3 is 6.03 Å². The molecule has 5 rings (SSSR count). The molecule has 56 heavy (non-hydrogen) atoms. The van der Waals surface area contributed by atoms with Gasteiger partial charge in [0.1, 0.15) is 24.4 Å². The van der Waals surface area contributed by atoms with E-state index in [1.165, 1.54) is 17.7 Å². The number of nitrogens with two attached hydrogens (primary N) is 1. The van der Waals surface area contributed by atoms with Gasteiger partial charge in [0.15, 0.2) is 0 Å². The lowest BCUT2D eigenvalue weighted by Gasteiger charge is -2.25. The van der Waals surface area contributed by atoms with Crippen LogP contribution in [0.1, 0.15) is 69.4 Å². The largest absolute Gasteiger partial charge is 0.488 e. The average Bonchev–Trinajstić information content (AvgIpc) is 3.75. The van der Waals surface area contributed by atoms with Crippen molar-refractivity contribution >= 4 is 69.3 Å². The van der Waals surface area contributed by atoms with Crippen molar-refractivity contribution in [3.05, 3.63) is 77.9 Å². The Kier molecular flexibility index (Phi) is 14.7. The van der Waals surface area contributed by atoms with Crippen LogP contribution in [0.4, 0.5) is 16.2 Å². The van der Waals surface area contributed by atoms with Crippen LogP contribution in [0.25, 0.3) is 10.8 Å². The summed E-state index contributed by atoms with van der Waals surface area (Å²) in [5, 5.41) is 16.5. The van der Waals surface area contributed by atoms with Crippen molar-refractivity contribution in [3.63, 3.8) is 0 Å². The smallest absolute Gasteiger partial charge is 0.312 e. The summed E-state index contributed by atoms with van der Waals surface area (Å²) < 4.78 is 6.30. The number of rotatable bonds is 20. The lowest BCUT2D eigenvalue weighted by Crippen LogP contribution is -2.54. The number of anilines is 2. The number of primary amides is 1. The molecule has 0 fully saturated rings. The van der Waals surface area contributed by atoms with Gasteiger partial charge in [-0.2, -0.15) is 0 Å². The Labute approximate surface area is 331 Å². The zero-order valence-corrected chi connectivity index (χ0v) is 32.5. The predicted molar refractivity (Wildman–Crippen MR) is 215 cm³/mol. The first-order valence-electron chi connectivity index (χ1n) is 19.0. The Morgan fingerprint density at radius 1 is 0.929 bits per heavy atom. The van der Waals surface area contributed by atoms with Crippen LogP contribution in [-0.2, 0) is 30.6 Å². The second kappa shape index (κ2) is 19.8. The highest BCUT2D eigenvalue weighted by Gasteiger charge is 2.29. The fourth-order valence-electron chi connectivity index (χ4n) is 6.82. The van der Waals surface area contributed by atoms with Gasteiger partial charge in [-0.25, -0.2) is 4.79 Å². The minimum atomic E-state index is -0.982. The van der Waals surface area contributed by atoms with Crippen molar-refractivity contribution < 1.29 is 33.5 Å². The molecule has 3 aromatic carbocycles. The number of amides is 7. The Bertz CT molecular complexity index is 1930. The van der Waals surface area contributed by atoms with Gasteiger partial charge in [-0.3, -0.25) is 28.9 Å². The molecule has 0 unspecified atom stereocenters. The third-order valence-electron chi connectivity index (χ3n) is 9.85. The maximum absolute atomic E-state index is 13.6. The summed E-state index contributed by atoms with van der Waals surface area (Å²) in [6.45, 7) is 5.14. The first-order valence-corrected chi connectivity index (χ1v) is 19.5. The Morgan fingerprint density at radius 3 is 2.32 bits per heavy atom. The van der Waals surface area contributed by atoms with Gasteiger partial charge < -0.3 is 37.1 Å². The SMILES string of the molecule is CC(C)[C@H](NC(=O)CCCCCN1C(=O)C=CC1=O)C(=O)N[C@@H](CCCNC(N)=O)C(=O)Nc1ccc(COc2cc3c(c4ccccc24)[C@H](CCl)CN3)cc1. The minimum Gasteiger partial charge on any atom is -0.488 e. The van der Waals surface area contributed by atoms with Gasteiger partial charge in [0, 0.05) is 72.8 Å². The lowest BCUT2D eigenvalue weighted by molar-refractivity contribution is -0.137. The van der Waals surface area contributed by atoms with E-state index >= 15 is 0 Å². The van der Waals surface area contributed by atoms with Crippen molar-refractivity contribution in [1.82, 2.24) is 20.9 Å². The third-order valence-corrected chi connectivity index (χ3v) is 10.2. The number of hydrogen-bond acceptors (Lipinski definition) is 8. The van der Waals surface area contributed by atoms with E-state index in [9.17, 15) is 28.8 Å². The monoisotopic (exact) mass is 787 g/mol. The number of alkyl halides is 1. The van der Waals surface area contributed by atoms with E-state index in [0.29, 0.717) is 43.9 Å². The average molecular weight is 788 g/mol. The molecular formula is C41H50ClN7O7. The Morgan fingerprint density at radius 2 is 1.64 bits per heavy atom. The van der Waals surface area contributed by atoms with Gasteiger partial charge in [-0.1, -0.05) is 56.7 Å². The molecule has 7 N–H and O–H groups in total. The van der Waals surface area contributed by atoms with Gasteiger partial charge in [0.2, 0.25) is 17.7 Å². The van der Waals surface area contributed by atoms with Crippen LogP contribution in [0.15, 0.2) is 66.7 Å². The number of urea groups is 1. The fraction of sp³-hybridized carbons (Fsp3) is 0.415. The fourth-order valence-corrected chi connectivity index (χ4v) is 7.09. The van der Waals surface area contributed by atoms with Crippen LogP contribution in [-0.4, -0.2) is 78.1 Å². The van der Waals surface area contributed by atoms with Crippen molar-refractivity contribution in [2.45, 2.75) is 77.0 Å². The molecule has 2 heterocycles. The van der Waals surface area contributed by atoms with Gasteiger partial charge in [0.05, 0.1) is 0 Å². The summed E-state index contributed by atoms with van der Waals surface area (Å²) in [7, 11) is 0. The number of carbonyl (C=O) groups is 6. The second-order valence-electron chi connectivity index (χ2n) is 14.3. The first kappa shape index (κ1) is 41.5. The molecule has 14 nitrogen and oxygen atoms in total. The summed E-state index contributed by atoms with van der Waals surface area (Å²) in [4.78, 5) is 75.8. The van der Waals surface area contributed by atoms with E-state index in [1.807, 2.05) is 36.4 Å². The topological polar surface area (TPSA) is 201 Å². The number of nitrogens with one attached hydrogen (secondary N) is 5. The highest BCUT2D eigenvalue weighted by Crippen LogP contribution is 2.42. The molecule has 3 atom stereocenters. The number of unbranched alkanes of at least 4 members (excludes halogenated alkanes) is 2. The van der Waals surface area contributed by atoms with Crippen molar-refractivity contribution in [1.29, 1.82) is 0 Å². The summed E-state index contributed by atoms with van der Waals surface area (Å²) in [6, 6.07) is 14.8. The molecule has 0 bridgehead atoms. The molecule has 0 saturated carbocycles. The molecule has 298 valence electrons. The van der Waals surface area contributed by atoms with E-state index < -0.39 is 29.9 Å². The third kappa shape index (κ3) is 11.0. The van der Waals surface area contributed by atoms with E-state index in [0.717, 1.165) is 39.2 Å². The zero-order chi connectivity index (χ0) is 40.2. The molecule has 0 aliphatic carbocycles. The second-order valence-corrected chi connectivity index (χ2v) is 14.7. The molecular weight excluding hydrogens is 738 g/mol. The highest BCUT2D eigenvalue weighted by molar-refractivity contribution is 6.18. The number of halogens is 1. The zero-order valence-electron chi connectivity index (χ0n) is 31.7. The van der Waals surface area contributed by atoms with Crippen LogP contribution in [0.2, 0.25) is 0 Å². The molecule has 7 amide bonds. The van der Waals surface area contributed by atoms with Crippen LogP contribution < -0.4 is 37.1 Å². The number of fused-ring (bicyclic) bond motifs is 3. The number of ether oxygens (including phenoxy) is 1. The number of imide groups is 1. The molecule has 0 aromatic heterocycles. The first-order chi connectivity index (χ1) is 26.9. The van der Waals surface area contributed by atoms with Crippen LogP contribution in [0.3, 0.4) is 0 Å². The molecule has 2 aliphatic heterocycles. The summed E-state index contributed by atoms with van der Waals surface area (Å²) in [6.07, 6.45) is 4.83. The van der Waals surface area contributed by atoms with Crippen LogP contribution >= 0.6 is 11.6 Å². The maximum atomic E-state index is 13.6. The number of hydrogen-bond donors (Lipinski definition) is 6. The van der Waals surface area contributed by atoms with Crippen molar-refractivity contribution in [2.75, 3.05) is 36.1 Å². The number of carbonyl (C=O) groups excluding carboxylic acids is 6. The standard InChI is InChI=1S/C41H50ClN7O7/c1-25(2)38(48-34(50)12-4-3-7-20-49-35(51)17-18-36(49)52)40(54)47-31(11-8-19-44-41(43)55)39(53)46-28-15-13-26(14-16-28)24-56-33-21-32-37(27(22-42)23-45-32)30-10-6-5-9-29(30)33/h5-6,9-10,13-18,21,25,27,31,38,45H,3-4,7-8,11-12,19-20,22-24H2,1-2H3,(H,46,53)(H,47,54)(H,48,50)(H3,43,44,55)/t27-,31+,38+/m1/s1. The van der Waals surface area contributed by atoms with Crippen LogP contribution in [0.5, 0.6) is 5.75 Å². The summed E-state index contributed by atoms with van der Waals surface area (Å²) >= 11 is 6.26. The predicted octanol–water partition coefficient (Wildman–Crippen LogP) is 4.66. The van der Waals surface area contributed by atoms with Crippen molar-refractivity contribution in [2.24, 2.45) is 11.7 Å². The molecule has 15 heteroatoms. The minimum absolute atomic E-state index is 0.149. The van der Waals surface area contributed by atoms with E-state index in [4.69, 9.17) is 22.1 Å². The molecule has 0 saturated heterocycles. The normalized spacial score (nSPS) is 15.6. The number of benzene rings is 3. The number of nitrogens with zero attached hydrogens (tertiary/aromatic N) is 1. The molecule has 2 aliphatic rings. The molecule has 0 spiro atoms. The Hall–Kier alpha value is -5.63. The summed E-state index contributed by atoms with van der Waals surface area (Å²) in [5.41, 5.74) is 8.82. The summed E-state index contributed by atoms with van der Waals surface area (Å²) in [5.74, 6) is -0.771. The van der Waals surface area contributed by atoms with Gasteiger partial charge in [0.25, 0.3) is 11.8 Å². The van der Waals surface area contributed by atoms with E-state index in [1.54, 1.807) is 26.0 Å². The molecule has 3 aromatic rings. The van der Waals surface area contributed by atoms with Gasteiger partial charge in [-0.05, 0) is 60.2 Å². The quantitative estimate of drug-likeness (QED) is 0.0539. The van der Waals surface area contributed by atoms with Crippen molar-refractivity contribution in [3.8, 4) is 5.75 Å². The lowest BCUT2D eigenvalue weighted by atomic mass is 9.95. The van der Waals surface area contributed by atoms with Crippen LogP contribution in [0, 0.1) is 5.92 Å². The Balaban J connectivity index is 1.15. The highest BCUT2D eigenvalue weighted by atomic mass is 35.5. The van der Waals surface area contributed by atoms with E-state index in [2.05, 4.69) is 32.7 Å². The maximum Gasteiger partial charge on any atom is 0.312 e.